The van der Waals surface area contributed by atoms with Crippen LogP contribution in [0, 0.1) is 5.41 Å². The molecule has 2 rings (SSSR count). The van der Waals surface area contributed by atoms with Gasteiger partial charge in [-0.3, -0.25) is 14.4 Å². The largest absolute Gasteiger partial charge is 0.494 e. The first-order valence-electron chi connectivity index (χ1n) is 8.96. The van der Waals surface area contributed by atoms with Crippen molar-refractivity contribution in [2.24, 2.45) is 5.41 Å². The molecule has 0 aliphatic heterocycles. The summed E-state index contributed by atoms with van der Waals surface area (Å²) in [5.74, 6) is -0.337. The predicted molar refractivity (Wildman–Crippen MR) is 109 cm³/mol. The quantitative estimate of drug-likeness (QED) is 0.636. The van der Waals surface area contributed by atoms with Gasteiger partial charge in [0.05, 0.1) is 6.61 Å². The van der Waals surface area contributed by atoms with E-state index in [1.165, 1.54) is 6.92 Å². The summed E-state index contributed by atoms with van der Waals surface area (Å²) in [7, 11) is 0. The molecule has 0 heterocycles. The third kappa shape index (κ3) is 5.57. The second-order valence-corrected chi connectivity index (χ2v) is 6.75. The summed E-state index contributed by atoms with van der Waals surface area (Å²) in [5, 5.41) is 8.12. The van der Waals surface area contributed by atoms with E-state index < -0.39 is 17.2 Å². The maximum Gasteiger partial charge on any atom is 0.239 e. The first-order chi connectivity index (χ1) is 13.2. The summed E-state index contributed by atoms with van der Waals surface area (Å²) in [6, 6.07) is 13.6. The number of benzene rings is 2. The van der Waals surface area contributed by atoms with Crippen LogP contribution in [0.3, 0.4) is 0 Å². The highest BCUT2D eigenvalue weighted by molar-refractivity contribution is 6.14. The molecule has 3 amide bonds. The number of rotatable bonds is 7. The third-order valence-corrected chi connectivity index (χ3v) is 4.02. The molecule has 7 nitrogen and oxygen atoms in total. The fourth-order valence-corrected chi connectivity index (χ4v) is 2.32. The average Bonchev–Trinajstić information content (AvgIpc) is 2.64. The molecule has 0 saturated carbocycles. The van der Waals surface area contributed by atoms with Crippen molar-refractivity contribution < 1.29 is 19.1 Å². The van der Waals surface area contributed by atoms with Gasteiger partial charge < -0.3 is 20.7 Å². The molecule has 0 spiro atoms. The summed E-state index contributed by atoms with van der Waals surface area (Å²) in [5.41, 5.74) is 0.433. The van der Waals surface area contributed by atoms with Gasteiger partial charge >= 0.3 is 0 Å². The molecule has 0 aliphatic rings. The zero-order valence-electron chi connectivity index (χ0n) is 16.5. The SMILES string of the molecule is CCOc1ccc(NC(=O)C(C)(C)C(=O)Nc2ccc(NC(C)=O)cc2)cc1. The molecule has 3 N–H and O–H groups in total. The van der Waals surface area contributed by atoms with E-state index in [1.807, 2.05) is 6.92 Å². The summed E-state index contributed by atoms with van der Waals surface area (Å²) in [6.07, 6.45) is 0. The van der Waals surface area contributed by atoms with E-state index in [2.05, 4.69) is 16.0 Å². The standard InChI is InChI=1S/C21H25N3O4/c1-5-28-18-12-10-17(11-13-18)24-20(27)21(3,4)19(26)23-16-8-6-15(7-9-16)22-14(2)25/h6-13H,5H2,1-4H3,(H,22,25)(H,23,26)(H,24,27). The lowest BCUT2D eigenvalue weighted by atomic mass is 9.90. The normalized spacial score (nSPS) is 10.7. The van der Waals surface area contributed by atoms with E-state index in [9.17, 15) is 14.4 Å². The smallest absolute Gasteiger partial charge is 0.239 e. The minimum Gasteiger partial charge on any atom is -0.494 e. The van der Waals surface area contributed by atoms with Gasteiger partial charge in [-0.1, -0.05) is 0 Å². The molecular weight excluding hydrogens is 358 g/mol. The first kappa shape index (κ1) is 21.0. The minimum atomic E-state index is -1.30. The number of ether oxygens (including phenoxy) is 1. The minimum absolute atomic E-state index is 0.177. The van der Waals surface area contributed by atoms with Crippen molar-refractivity contribution in [1.29, 1.82) is 0 Å². The molecule has 0 atom stereocenters. The Balaban J connectivity index is 2.00. The van der Waals surface area contributed by atoms with Crippen LogP contribution in [0.2, 0.25) is 0 Å². The van der Waals surface area contributed by atoms with E-state index in [-0.39, 0.29) is 5.91 Å². The number of amides is 3. The Hall–Kier alpha value is -3.35. The highest BCUT2D eigenvalue weighted by Gasteiger charge is 2.36. The average molecular weight is 383 g/mol. The Morgan fingerprint density at radius 3 is 1.57 bits per heavy atom. The van der Waals surface area contributed by atoms with Crippen LogP contribution < -0.4 is 20.7 Å². The van der Waals surface area contributed by atoms with Crippen molar-refractivity contribution in [1.82, 2.24) is 0 Å². The van der Waals surface area contributed by atoms with Gasteiger partial charge in [0.1, 0.15) is 11.2 Å². The number of carbonyl (C=O) groups is 3. The van der Waals surface area contributed by atoms with Crippen molar-refractivity contribution in [2.45, 2.75) is 27.7 Å². The Bertz CT molecular complexity index is 843. The fraction of sp³-hybridized carbons (Fsp3) is 0.286. The molecule has 28 heavy (non-hydrogen) atoms. The zero-order valence-corrected chi connectivity index (χ0v) is 16.5. The molecular formula is C21H25N3O4. The van der Waals surface area contributed by atoms with Crippen LogP contribution in [0.4, 0.5) is 17.1 Å². The van der Waals surface area contributed by atoms with Crippen molar-refractivity contribution in [2.75, 3.05) is 22.6 Å². The molecule has 0 unspecified atom stereocenters. The molecule has 148 valence electrons. The number of hydrogen-bond donors (Lipinski definition) is 3. The van der Waals surface area contributed by atoms with Crippen LogP contribution >= 0.6 is 0 Å². The molecule has 0 aliphatic carbocycles. The Kier molecular flexibility index (Phi) is 6.76. The maximum atomic E-state index is 12.6. The number of carbonyl (C=O) groups excluding carboxylic acids is 3. The van der Waals surface area contributed by atoms with Gasteiger partial charge in [-0.05, 0) is 69.3 Å². The van der Waals surface area contributed by atoms with E-state index in [1.54, 1.807) is 62.4 Å². The van der Waals surface area contributed by atoms with Gasteiger partial charge in [0.2, 0.25) is 17.7 Å². The van der Waals surface area contributed by atoms with E-state index >= 15 is 0 Å². The second-order valence-electron chi connectivity index (χ2n) is 6.75. The molecule has 0 bridgehead atoms. The number of hydrogen-bond acceptors (Lipinski definition) is 4. The van der Waals surface area contributed by atoms with Crippen LogP contribution in [0.1, 0.15) is 27.7 Å². The van der Waals surface area contributed by atoms with E-state index in [0.717, 1.165) is 0 Å². The Morgan fingerprint density at radius 2 is 1.18 bits per heavy atom. The lowest BCUT2D eigenvalue weighted by Gasteiger charge is -2.23. The molecule has 7 heteroatoms. The van der Waals surface area contributed by atoms with Gasteiger partial charge in [-0.2, -0.15) is 0 Å². The van der Waals surface area contributed by atoms with Gasteiger partial charge in [-0.15, -0.1) is 0 Å². The predicted octanol–water partition coefficient (Wildman–Crippen LogP) is 3.65. The summed E-state index contributed by atoms with van der Waals surface area (Å²) < 4.78 is 5.37. The van der Waals surface area contributed by atoms with Crippen LogP contribution in [-0.4, -0.2) is 24.3 Å². The molecule has 0 saturated heterocycles. The summed E-state index contributed by atoms with van der Waals surface area (Å²) in [4.78, 5) is 36.3. The van der Waals surface area contributed by atoms with Gasteiger partial charge in [-0.25, -0.2) is 0 Å². The molecule has 0 radical (unpaired) electrons. The monoisotopic (exact) mass is 383 g/mol. The topological polar surface area (TPSA) is 96.5 Å². The number of anilines is 3. The molecule has 0 fully saturated rings. The van der Waals surface area contributed by atoms with Crippen molar-refractivity contribution in [3.63, 3.8) is 0 Å². The zero-order chi connectivity index (χ0) is 20.7. The van der Waals surface area contributed by atoms with E-state index in [0.29, 0.717) is 29.4 Å². The summed E-state index contributed by atoms with van der Waals surface area (Å²) in [6.45, 7) is 6.98. The van der Waals surface area contributed by atoms with Crippen LogP contribution in [0.5, 0.6) is 5.75 Å². The Labute approximate surface area is 164 Å². The second kappa shape index (κ2) is 9.03. The van der Waals surface area contributed by atoms with E-state index in [4.69, 9.17) is 4.74 Å². The van der Waals surface area contributed by atoms with Gasteiger partial charge in [0.25, 0.3) is 0 Å². The van der Waals surface area contributed by atoms with Crippen LogP contribution in [0.15, 0.2) is 48.5 Å². The third-order valence-electron chi connectivity index (χ3n) is 4.02. The Morgan fingerprint density at radius 1 is 0.786 bits per heavy atom. The lowest BCUT2D eigenvalue weighted by molar-refractivity contribution is -0.135. The summed E-state index contributed by atoms with van der Waals surface area (Å²) >= 11 is 0. The highest BCUT2D eigenvalue weighted by Crippen LogP contribution is 2.23. The van der Waals surface area contributed by atoms with Gasteiger partial charge in [0.15, 0.2) is 0 Å². The fourth-order valence-electron chi connectivity index (χ4n) is 2.32. The lowest BCUT2D eigenvalue weighted by Crippen LogP contribution is -2.41. The van der Waals surface area contributed by atoms with Crippen LogP contribution in [-0.2, 0) is 14.4 Å². The first-order valence-corrected chi connectivity index (χ1v) is 8.96. The maximum absolute atomic E-state index is 12.6. The molecule has 2 aromatic carbocycles. The molecule has 0 aromatic heterocycles. The number of nitrogens with one attached hydrogen (secondary N) is 3. The van der Waals surface area contributed by atoms with Crippen LogP contribution in [0.25, 0.3) is 0 Å². The van der Waals surface area contributed by atoms with Gasteiger partial charge in [0, 0.05) is 24.0 Å². The van der Waals surface area contributed by atoms with Crippen molar-refractivity contribution >= 4 is 34.8 Å². The van der Waals surface area contributed by atoms with Crippen molar-refractivity contribution in [3.05, 3.63) is 48.5 Å². The highest BCUT2D eigenvalue weighted by atomic mass is 16.5. The molecule has 2 aromatic rings. The van der Waals surface area contributed by atoms with Crippen molar-refractivity contribution in [3.8, 4) is 5.75 Å².